The number of amides is 1. The molecule has 3 aromatic rings. The molecule has 0 N–H and O–H groups in total. The molecule has 1 amide bonds. The van der Waals surface area contributed by atoms with Crippen LogP contribution >= 0.6 is 0 Å². The lowest BCUT2D eigenvalue weighted by Gasteiger charge is -2.18. The second-order valence-corrected chi connectivity index (χ2v) is 7.61. The van der Waals surface area contributed by atoms with Gasteiger partial charge in [-0.2, -0.15) is 0 Å². The highest BCUT2D eigenvalue weighted by Gasteiger charge is 2.12. The van der Waals surface area contributed by atoms with Crippen molar-refractivity contribution in [3.8, 4) is 0 Å². The molecule has 3 rings (SSSR count). The van der Waals surface area contributed by atoms with Crippen molar-refractivity contribution in [2.24, 2.45) is 0 Å². The molecule has 0 aliphatic carbocycles. The Labute approximate surface area is 165 Å². The zero-order valence-corrected chi connectivity index (χ0v) is 17.0. The van der Waals surface area contributed by atoms with Crippen molar-refractivity contribution in [3.63, 3.8) is 0 Å². The summed E-state index contributed by atoms with van der Waals surface area (Å²) < 4.78 is 1.52. The van der Waals surface area contributed by atoms with Crippen molar-refractivity contribution in [2.75, 3.05) is 7.05 Å². The number of nitrogens with zero attached hydrogens (tertiary/aromatic N) is 3. The number of carbonyl (C=O) groups is 1. The topological polar surface area (TPSA) is 55.2 Å². The molecule has 0 radical (unpaired) electrons. The molecule has 0 unspecified atom stereocenters. The molecule has 0 bridgehead atoms. The Morgan fingerprint density at radius 1 is 1.14 bits per heavy atom. The summed E-state index contributed by atoms with van der Waals surface area (Å²) in [5.41, 5.74) is 3.97. The summed E-state index contributed by atoms with van der Waals surface area (Å²) in [5.74, 6) is 0.496. The van der Waals surface area contributed by atoms with Gasteiger partial charge in [-0.05, 0) is 35.6 Å². The van der Waals surface area contributed by atoms with Gasteiger partial charge in [0.15, 0.2) is 0 Å². The van der Waals surface area contributed by atoms with Crippen LogP contribution in [0.4, 0.5) is 0 Å². The lowest BCUT2D eigenvalue weighted by atomic mass is 10.0. The Morgan fingerprint density at radius 3 is 2.54 bits per heavy atom. The quantitative estimate of drug-likeness (QED) is 0.655. The molecule has 2 aromatic carbocycles. The van der Waals surface area contributed by atoms with E-state index in [0.717, 1.165) is 16.6 Å². The molecule has 1 heterocycles. The minimum atomic E-state index is -0.103. The van der Waals surface area contributed by atoms with E-state index in [2.05, 4.69) is 43.1 Å². The molecular weight excluding hydrogens is 350 g/mol. The van der Waals surface area contributed by atoms with Crippen LogP contribution in [0.25, 0.3) is 10.9 Å². The number of aryl methyl sites for hydroxylation is 2. The van der Waals surface area contributed by atoms with Crippen molar-refractivity contribution in [1.82, 2.24) is 14.5 Å². The number of benzene rings is 2. The van der Waals surface area contributed by atoms with Crippen LogP contribution in [0.5, 0.6) is 0 Å². The number of hydrogen-bond acceptors (Lipinski definition) is 3. The molecule has 1 aromatic heterocycles. The predicted octanol–water partition coefficient (Wildman–Crippen LogP) is 3.88. The van der Waals surface area contributed by atoms with Crippen molar-refractivity contribution >= 4 is 16.8 Å². The van der Waals surface area contributed by atoms with E-state index in [-0.39, 0.29) is 17.9 Å². The van der Waals surface area contributed by atoms with Gasteiger partial charge < -0.3 is 4.90 Å². The summed E-state index contributed by atoms with van der Waals surface area (Å²) in [6, 6.07) is 13.9. The Balaban J connectivity index is 1.64. The molecular formula is C23H27N3O2. The van der Waals surface area contributed by atoms with Gasteiger partial charge in [0.25, 0.3) is 5.56 Å². The van der Waals surface area contributed by atoms with Gasteiger partial charge in [0.1, 0.15) is 0 Å². The third-order valence-electron chi connectivity index (χ3n) is 5.11. The zero-order chi connectivity index (χ0) is 20.3. The number of hydrogen-bond donors (Lipinski definition) is 0. The van der Waals surface area contributed by atoms with Crippen molar-refractivity contribution in [2.45, 2.75) is 46.2 Å². The highest BCUT2D eigenvalue weighted by molar-refractivity contribution is 5.80. The summed E-state index contributed by atoms with van der Waals surface area (Å²) in [7, 11) is 1.80. The first kappa shape index (κ1) is 19.8. The number of fused-ring (bicyclic) bond motifs is 1. The molecule has 0 fully saturated rings. The van der Waals surface area contributed by atoms with Gasteiger partial charge in [0.05, 0.1) is 17.2 Å². The van der Waals surface area contributed by atoms with E-state index in [1.807, 2.05) is 19.1 Å². The monoisotopic (exact) mass is 377 g/mol. The summed E-state index contributed by atoms with van der Waals surface area (Å²) >= 11 is 0. The summed E-state index contributed by atoms with van der Waals surface area (Å²) in [6.07, 6.45) is 1.80. The van der Waals surface area contributed by atoms with Gasteiger partial charge in [-0.3, -0.25) is 14.2 Å². The maximum Gasteiger partial charge on any atom is 0.261 e. The van der Waals surface area contributed by atoms with Gasteiger partial charge in [0, 0.05) is 26.6 Å². The van der Waals surface area contributed by atoms with E-state index < -0.39 is 0 Å². The second-order valence-electron chi connectivity index (χ2n) is 7.61. The van der Waals surface area contributed by atoms with Crippen molar-refractivity contribution in [1.29, 1.82) is 0 Å². The third-order valence-corrected chi connectivity index (χ3v) is 5.11. The average molecular weight is 377 g/mol. The standard InChI is InChI=1S/C23H27N3O2/c1-16(2)19-10-8-18(9-11-19)14-25(4)21(27)12-13-26-15-24-22-17(3)6-5-7-20(22)23(26)28/h5-11,15-16H,12-14H2,1-4H3. The summed E-state index contributed by atoms with van der Waals surface area (Å²) in [4.78, 5) is 31.2. The van der Waals surface area contributed by atoms with Gasteiger partial charge in [-0.1, -0.05) is 50.2 Å². The van der Waals surface area contributed by atoms with Gasteiger partial charge in [0.2, 0.25) is 5.91 Å². The third kappa shape index (κ3) is 4.30. The fourth-order valence-corrected chi connectivity index (χ4v) is 3.27. The van der Waals surface area contributed by atoms with Crippen LogP contribution in [-0.2, 0) is 17.9 Å². The largest absolute Gasteiger partial charge is 0.341 e. The molecule has 5 nitrogen and oxygen atoms in total. The molecule has 0 atom stereocenters. The van der Waals surface area contributed by atoms with E-state index in [1.165, 1.54) is 16.5 Å². The van der Waals surface area contributed by atoms with Crippen LogP contribution < -0.4 is 5.56 Å². The Hall–Kier alpha value is -2.95. The Bertz CT molecular complexity index is 1040. The van der Waals surface area contributed by atoms with Crippen LogP contribution in [-0.4, -0.2) is 27.4 Å². The first-order valence-electron chi connectivity index (χ1n) is 9.64. The number of aromatic nitrogens is 2. The lowest BCUT2D eigenvalue weighted by Crippen LogP contribution is -2.29. The molecule has 0 aliphatic rings. The highest BCUT2D eigenvalue weighted by atomic mass is 16.2. The number of para-hydroxylation sites is 1. The van der Waals surface area contributed by atoms with Crippen LogP contribution in [0.1, 0.15) is 42.9 Å². The molecule has 0 saturated heterocycles. The van der Waals surface area contributed by atoms with Gasteiger partial charge in [-0.25, -0.2) is 4.98 Å². The Kier molecular flexibility index (Phi) is 5.93. The SMILES string of the molecule is Cc1cccc2c(=O)n(CCC(=O)N(C)Cc3ccc(C(C)C)cc3)cnc12. The minimum Gasteiger partial charge on any atom is -0.341 e. The predicted molar refractivity (Wildman–Crippen MR) is 112 cm³/mol. The maximum atomic E-state index is 12.6. The van der Waals surface area contributed by atoms with Crippen molar-refractivity contribution in [3.05, 3.63) is 75.8 Å². The number of rotatable bonds is 6. The fourth-order valence-electron chi connectivity index (χ4n) is 3.27. The van der Waals surface area contributed by atoms with E-state index in [4.69, 9.17) is 0 Å². The van der Waals surface area contributed by atoms with Gasteiger partial charge in [-0.15, -0.1) is 0 Å². The summed E-state index contributed by atoms with van der Waals surface area (Å²) in [5, 5.41) is 0.591. The lowest BCUT2D eigenvalue weighted by molar-refractivity contribution is -0.130. The van der Waals surface area contributed by atoms with E-state index in [9.17, 15) is 9.59 Å². The van der Waals surface area contributed by atoms with Crippen molar-refractivity contribution < 1.29 is 4.79 Å². The molecule has 0 spiro atoms. The van der Waals surface area contributed by atoms with Crippen LogP contribution in [0.3, 0.4) is 0 Å². The molecule has 0 saturated carbocycles. The first-order valence-corrected chi connectivity index (χ1v) is 9.64. The van der Waals surface area contributed by atoms with Crippen LogP contribution in [0.15, 0.2) is 53.6 Å². The highest BCUT2D eigenvalue weighted by Crippen LogP contribution is 2.16. The smallest absolute Gasteiger partial charge is 0.261 e. The van der Waals surface area contributed by atoms with E-state index in [1.54, 1.807) is 18.0 Å². The molecule has 146 valence electrons. The summed E-state index contributed by atoms with van der Waals surface area (Å²) in [6.45, 7) is 7.14. The Morgan fingerprint density at radius 2 is 1.86 bits per heavy atom. The van der Waals surface area contributed by atoms with E-state index >= 15 is 0 Å². The average Bonchev–Trinajstić information content (AvgIpc) is 2.68. The first-order chi connectivity index (χ1) is 13.4. The maximum absolute atomic E-state index is 12.6. The second kappa shape index (κ2) is 8.38. The number of carbonyl (C=O) groups excluding carboxylic acids is 1. The molecule has 0 aliphatic heterocycles. The van der Waals surface area contributed by atoms with Crippen LogP contribution in [0, 0.1) is 6.92 Å². The molecule has 28 heavy (non-hydrogen) atoms. The van der Waals surface area contributed by atoms with Crippen LogP contribution in [0.2, 0.25) is 0 Å². The zero-order valence-electron chi connectivity index (χ0n) is 17.0. The minimum absolute atomic E-state index is 0.00387. The van der Waals surface area contributed by atoms with Gasteiger partial charge >= 0.3 is 0 Å². The van der Waals surface area contributed by atoms with E-state index in [0.29, 0.717) is 24.4 Å². The fraction of sp³-hybridized carbons (Fsp3) is 0.348. The molecule has 5 heteroatoms. The normalized spacial score (nSPS) is 11.2.